The first kappa shape index (κ1) is 22.3. The van der Waals surface area contributed by atoms with Crippen LogP contribution in [0.1, 0.15) is 84.7 Å². The Morgan fingerprint density at radius 1 is 0.567 bits per heavy atom. The van der Waals surface area contributed by atoms with Gasteiger partial charge in [0.15, 0.2) is 0 Å². The van der Waals surface area contributed by atoms with Crippen molar-refractivity contribution in [3.63, 3.8) is 0 Å². The number of hydrogen-bond donors (Lipinski definition) is 0. The van der Waals surface area contributed by atoms with Gasteiger partial charge in [-0.15, -0.1) is 0 Å². The molecule has 0 nitrogen and oxygen atoms in total. The molecule has 0 spiro atoms. The Kier molecular flexibility index (Phi) is 6.01. The maximum Gasteiger partial charge on any atom is 0.0146 e. The summed E-state index contributed by atoms with van der Waals surface area (Å²) in [4.78, 5) is 0. The highest BCUT2D eigenvalue weighted by molar-refractivity contribution is 5.47. The summed E-state index contributed by atoms with van der Waals surface area (Å²) in [5.74, 6) is 0. The number of hydrogen-bond acceptors (Lipinski definition) is 0. The van der Waals surface area contributed by atoms with Crippen LogP contribution in [0.2, 0.25) is 0 Å². The monoisotopic (exact) mass is 398 g/mol. The van der Waals surface area contributed by atoms with Crippen LogP contribution in [-0.4, -0.2) is 0 Å². The number of benzene rings is 3. The Bertz CT molecular complexity index is 1030. The fraction of sp³-hybridized carbons (Fsp3) is 0.400. The van der Waals surface area contributed by atoms with Gasteiger partial charge in [0.2, 0.25) is 0 Å². The summed E-state index contributed by atoms with van der Waals surface area (Å²) in [5, 5.41) is 0. The molecule has 0 amide bonds. The van der Waals surface area contributed by atoms with E-state index in [2.05, 4.69) is 117 Å². The summed E-state index contributed by atoms with van der Waals surface area (Å²) < 4.78 is 0. The topological polar surface area (TPSA) is 0 Å². The maximum absolute atomic E-state index is 2.41. The lowest BCUT2D eigenvalue weighted by molar-refractivity contribution is 0.625. The van der Waals surface area contributed by atoms with E-state index < -0.39 is 0 Å². The summed E-state index contributed by atoms with van der Waals surface area (Å²) >= 11 is 0. The lowest BCUT2D eigenvalue weighted by atomic mass is 9.73. The van der Waals surface area contributed by atoms with Crippen molar-refractivity contribution in [3.8, 4) is 0 Å². The van der Waals surface area contributed by atoms with Gasteiger partial charge in [-0.25, -0.2) is 0 Å². The Hall–Kier alpha value is -2.34. The molecule has 0 aliphatic heterocycles. The third kappa shape index (κ3) is 4.10. The molecular formula is C30H38. The van der Waals surface area contributed by atoms with Crippen LogP contribution in [0.15, 0.2) is 54.6 Å². The first-order valence-corrected chi connectivity index (χ1v) is 11.3. The smallest absolute Gasteiger partial charge is 0.0146 e. The van der Waals surface area contributed by atoms with E-state index in [1.807, 2.05) is 0 Å². The molecule has 0 unspecified atom stereocenters. The molecule has 3 rings (SSSR count). The zero-order valence-corrected chi connectivity index (χ0v) is 20.4. The first-order chi connectivity index (χ1) is 14.0. The van der Waals surface area contributed by atoms with E-state index in [1.54, 1.807) is 0 Å². The quantitative estimate of drug-likeness (QED) is 0.407. The van der Waals surface area contributed by atoms with Crippen LogP contribution in [0.3, 0.4) is 0 Å². The Labute approximate surface area is 184 Å². The van der Waals surface area contributed by atoms with Crippen LogP contribution >= 0.6 is 0 Å². The Morgan fingerprint density at radius 3 is 1.43 bits per heavy atom. The van der Waals surface area contributed by atoms with Crippen LogP contribution in [0.4, 0.5) is 0 Å². The van der Waals surface area contributed by atoms with Crippen molar-refractivity contribution in [1.29, 1.82) is 0 Å². The van der Waals surface area contributed by atoms with Gasteiger partial charge in [0, 0.05) is 10.8 Å². The van der Waals surface area contributed by atoms with Gasteiger partial charge in [0.25, 0.3) is 0 Å². The lowest BCUT2D eigenvalue weighted by Crippen LogP contribution is -2.22. The molecule has 3 aromatic carbocycles. The summed E-state index contributed by atoms with van der Waals surface area (Å²) in [6.07, 6.45) is 1.08. The molecule has 0 fully saturated rings. The van der Waals surface area contributed by atoms with Crippen molar-refractivity contribution in [2.24, 2.45) is 0 Å². The van der Waals surface area contributed by atoms with Crippen molar-refractivity contribution in [1.82, 2.24) is 0 Å². The highest BCUT2D eigenvalue weighted by atomic mass is 14.3. The predicted molar refractivity (Wildman–Crippen MR) is 132 cm³/mol. The molecule has 30 heavy (non-hydrogen) atoms. The average Bonchev–Trinajstić information content (AvgIpc) is 2.69. The molecule has 3 aromatic rings. The normalized spacial score (nSPS) is 12.3. The van der Waals surface area contributed by atoms with E-state index in [-0.39, 0.29) is 10.8 Å². The van der Waals surface area contributed by atoms with Crippen molar-refractivity contribution < 1.29 is 0 Å². The van der Waals surface area contributed by atoms with Gasteiger partial charge >= 0.3 is 0 Å². The predicted octanol–water partition coefficient (Wildman–Crippen LogP) is 8.13. The van der Waals surface area contributed by atoms with Gasteiger partial charge in [-0.1, -0.05) is 100 Å². The minimum Gasteiger partial charge on any atom is -0.0613 e. The van der Waals surface area contributed by atoms with Crippen molar-refractivity contribution >= 4 is 0 Å². The van der Waals surface area contributed by atoms with E-state index in [0.717, 1.165) is 6.42 Å². The molecule has 0 atom stereocenters. The van der Waals surface area contributed by atoms with Gasteiger partial charge in [-0.3, -0.25) is 0 Å². The molecule has 0 saturated heterocycles. The summed E-state index contributed by atoms with van der Waals surface area (Å²) in [5.41, 5.74) is 12.4. The molecule has 0 heteroatoms. The van der Waals surface area contributed by atoms with Gasteiger partial charge in [-0.2, -0.15) is 0 Å². The third-order valence-corrected chi connectivity index (χ3v) is 7.15. The maximum atomic E-state index is 2.41. The minimum atomic E-state index is -0.0228. The second kappa shape index (κ2) is 8.06. The van der Waals surface area contributed by atoms with E-state index in [9.17, 15) is 0 Å². The van der Waals surface area contributed by atoms with E-state index in [1.165, 1.54) is 50.1 Å². The summed E-state index contributed by atoms with van der Waals surface area (Å²) in [7, 11) is 0. The van der Waals surface area contributed by atoms with Crippen LogP contribution in [0, 0.1) is 27.7 Å². The highest BCUT2D eigenvalue weighted by Gasteiger charge is 2.27. The van der Waals surface area contributed by atoms with Gasteiger partial charge in [0.05, 0.1) is 0 Å². The minimum absolute atomic E-state index is 0.0186. The van der Waals surface area contributed by atoms with Gasteiger partial charge in [-0.05, 0) is 73.1 Å². The Balaban J connectivity index is 1.99. The molecule has 158 valence electrons. The van der Waals surface area contributed by atoms with E-state index >= 15 is 0 Å². The fourth-order valence-electron chi connectivity index (χ4n) is 4.63. The molecule has 0 bridgehead atoms. The van der Waals surface area contributed by atoms with Crippen molar-refractivity contribution in [2.45, 2.75) is 79.6 Å². The SMILES string of the molecule is CCc1cc(C(C)(C)c2ccc(C(C)(C)c3cc(C)cc(C)c3)cc2)cc(C)c1C. The highest BCUT2D eigenvalue weighted by Crippen LogP contribution is 2.37. The molecule has 0 aliphatic carbocycles. The first-order valence-electron chi connectivity index (χ1n) is 11.3. The van der Waals surface area contributed by atoms with Crippen LogP contribution in [0.25, 0.3) is 0 Å². The van der Waals surface area contributed by atoms with E-state index in [0.29, 0.717) is 0 Å². The zero-order chi connectivity index (χ0) is 22.3. The molecular weight excluding hydrogens is 360 g/mol. The molecule has 0 aliphatic rings. The van der Waals surface area contributed by atoms with Gasteiger partial charge in [0.1, 0.15) is 0 Å². The van der Waals surface area contributed by atoms with Crippen molar-refractivity contribution in [3.05, 3.63) is 105 Å². The molecule has 0 N–H and O–H groups in total. The molecule has 0 radical (unpaired) electrons. The fourth-order valence-corrected chi connectivity index (χ4v) is 4.63. The van der Waals surface area contributed by atoms with Crippen LogP contribution in [0.5, 0.6) is 0 Å². The standard InChI is InChI=1S/C30H38/c1-10-24-19-28(18-22(4)23(24)5)30(8,9)26-13-11-25(12-14-26)29(6,7)27-16-20(2)15-21(3)17-27/h11-19H,10H2,1-9H3. The van der Waals surface area contributed by atoms with Crippen LogP contribution in [-0.2, 0) is 17.3 Å². The molecule has 0 heterocycles. The summed E-state index contributed by atoms with van der Waals surface area (Å²) in [6, 6.07) is 21.0. The average molecular weight is 399 g/mol. The molecule has 0 saturated carbocycles. The molecule has 0 aromatic heterocycles. The zero-order valence-electron chi connectivity index (χ0n) is 20.4. The number of aryl methyl sites for hydroxylation is 4. The summed E-state index contributed by atoms with van der Waals surface area (Å²) in [6.45, 7) is 20.5. The number of rotatable bonds is 5. The van der Waals surface area contributed by atoms with E-state index in [4.69, 9.17) is 0 Å². The van der Waals surface area contributed by atoms with Crippen LogP contribution < -0.4 is 0 Å². The Morgan fingerprint density at radius 2 is 1.00 bits per heavy atom. The largest absolute Gasteiger partial charge is 0.0613 e. The second-order valence-corrected chi connectivity index (χ2v) is 10.1. The lowest BCUT2D eigenvalue weighted by Gasteiger charge is -2.30. The van der Waals surface area contributed by atoms with Crippen molar-refractivity contribution in [2.75, 3.05) is 0 Å². The third-order valence-electron chi connectivity index (χ3n) is 7.15. The second-order valence-electron chi connectivity index (χ2n) is 10.1. The van der Waals surface area contributed by atoms with Gasteiger partial charge < -0.3 is 0 Å².